The van der Waals surface area contributed by atoms with E-state index in [4.69, 9.17) is 0 Å². The van der Waals surface area contributed by atoms with Gasteiger partial charge in [-0.25, -0.2) is 13.4 Å². The third-order valence-electron chi connectivity index (χ3n) is 4.01. The van der Waals surface area contributed by atoms with Crippen LogP contribution in [0.1, 0.15) is 13.3 Å². The summed E-state index contributed by atoms with van der Waals surface area (Å²) in [6.07, 6.45) is 0.539. The van der Waals surface area contributed by atoms with Gasteiger partial charge in [0, 0.05) is 12.6 Å². The number of nitrogens with zero attached hydrogens (tertiary/aromatic N) is 2. The molecule has 124 valence electrons. The zero-order valence-electron chi connectivity index (χ0n) is 12.9. The lowest BCUT2D eigenvalue weighted by molar-refractivity contribution is -0.129. The molecule has 1 aromatic carbocycles. The van der Waals surface area contributed by atoms with Crippen molar-refractivity contribution in [3.05, 3.63) is 24.3 Å². The molecule has 1 N–H and O–H groups in total. The molecule has 8 heteroatoms. The summed E-state index contributed by atoms with van der Waals surface area (Å²) in [6.45, 7) is 2.41. The Morgan fingerprint density at radius 3 is 2.87 bits per heavy atom. The van der Waals surface area contributed by atoms with Gasteiger partial charge < -0.3 is 9.88 Å². The fourth-order valence-electron chi connectivity index (χ4n) is 2.87. The van der Waals surface area contributed by atoms with E-state index in [1.807, 2.05) is 31.2 Å². The molecular weight excluding hydrogens is 334 g/mol. The van der Waals surface area contributed by atoms with Gasteiger partial charge in [-0.15, -0.1) is 0 Å². The van der Waals surface area contributed by atoms with Crippen molar-refractivity contribution in [2.45, 2.75) is 24.5 Å². The zero-order valence-corrected chi connectivity index (χ0v) is 14.5. The highest BCUT2D eigenvalue weighted by atomic mass is 32.2. The molecule has 2 heterocycles. The smallest absolute Gasteiger partial charge is 0.233 e. The summed E-state index contributed by atoms with van der Waals surface area (Å²) in [5, 5.41) is 0.703. The van der Waals surface area contributed by atoms with Crippen molar-refractivity contribution in [3.63, 3.8) is 0 Å². The molecule has 1 amide bonds. The number of sulfone groups is 1. The van der Waals surface area contributed by atoms with E-state index in [9.17, 15) is 13.2 Å². The van der Waals surface area contributed by atoms with E-state index in [1.165, 1.54) is 11.8 Å². The number of aromatic amines is 1. The number of H-pyrrole nitrogens is 1. The van der Waals surface area contributed by atoms with Gasteiger partial charge >= 0.3 is 0 Å². The van der Waals surface area contributed by atoms with Crippen LogP contribution in [0.25, 0.3) is 11.0 Å². The average Bonchev–Trinajstić information content (AvgIpc) is 3.08. The molecule has 1 aliphatic heterocycles. The summed E-state index contributed by atoms with van der Waals surface area (Å²) < 4.78 is 23.2. The molecule has 0 radical (unpaired) electrons. The fraction of sp³-hybridized carbons (Fsp3) is 0.467. The maximum Gasteiger partial charge on any atom is 0.233 e. The molecule has 1 fully saturated rings. The Hall–Kier alpha value is -1.54. The third-order valence-corrected chi connectivity index (χ3v) is 6.62. The molecule has 0 bridgehead atoms. The maximum absolute atomic E-state index is 12.4. The summed E-state index contributed by atoms with van der Waals surface area (Å²) >= 11 is 1.35. The molecule has 1 saturated heterocycles. The highest BCUT2D eigenvalue weighted by Gasteiger charge is 2.33. The predicted octanol–water partition coefficient (Wildman–Crippen LogP) is 1.69. The van der Waals surface area contributed by atoms with Gasteiger partial charge in [0.1, 0.15) is 0 Å². The molecule has 0 aliphatic carbocycles. The van der Waals surface area contributed by atoms with E-state index in [0.717, 1.165) is 11.0 Å². The van der Waals surface area contributed by atoms with Crippen LogP contribution >= 0.6 is 11.8 Å². The van der Waals surface area contributed by atoms with Crippen molar-refractivity contribution in [1.29, 1.82) is 0 Å². The molecule has 0 unspecified atom stereocenters. The van der Waals surface area contributed by atoms with Crippen LogP contribution in [0.15, 0.2) is 29.4 Å². The van der Waals surface area contributed by atoms with Crippen molar-refractivity contribution >= 4 is 38.5 Å². The Morgan fingerprint density at radius 1 is 1.43 bits per heavy atom. The Labute approximate surface area is 139 Å². The number of carbonyl (C=O) groups is 1. The molecule has 3 rings (SSSR count). The Balaban J connectivity index is 1.63. The van der Waals surface area contributed by atoms with E-state index in [0.29, 0.717) is 18.1 Å². The minimum absolute atomic E-state index is 0.0416. The number of aromatic nitrogens is 2. The summed E-state index contributed by atoms with van der Waals surface area (Å²) in [6, 6.07) is 7.52. The van der Waals surface area contributed by atoms with E-state index < -0.39 is 9.84 Å². The van der Waals surface area contributed by atoms with Crippen LogP contribution in [-0.2, 0) is 14.6 Å². The van der Waals surface area contributed by atoms with Crippen molar-refractivity contribution in [3.8, 4) is 0 Å². The number of amides is 1. The lowest BCUT2D eigenvalue weighted by atomic mass is 10.2. The van der Waals surface area contributed by atoms with Gasteiger partial charge in [0.15, 0.2) is 15.0 Å². The molecule has 1 aromatic heterocycles. The number of para-hydroxylation sites is 2. The summed E-state index contributed by atoms with van der Waals surface area (Å²) in [5.74, 6) is 0.476. The van der Waals surface area contributed by atoms with Crippen LogP contribution < -0.4 is 0 Å². The second-order valence-electron chi connectivity index (χ2n) is 5.58. The Morgan fingerprint density at radius 2 is 2.22 bits per heavy atom. The predicted molar refractivity (Wildman–Crippen MR) is 91.3 cm³/mol. The summed E-state index contributed by atoms with van der Waals surface area (Å²) in [4.78, 5) is 21.7. The number of benzene rings is 1. The lowest BCUT2D eigenvalue weighted by Gasteiger charge is -2.26. The fourth-order valence-corrected chi connectivity index (χ4v) is 5.37. The first-order chi connectivity index (χ1) is 11.0. The van der Waals surface area contributed by atoms with Crippen molar-refractivity contribution < 1.29 is 13.2 Å². The first-order valence-corrected chi connectivity index (χ1v) is 10.4. The zero-order chi connectivity index (χ0) is 16.4. The van der Waals surface area contributed by atoms with Crippen LogP contribution in [0, 0.1) is 0 Å². The maximum atomic E-state index is 12.4. The van der Waals surface area contributed by atoms with Gasteiger partial charge in [-0.1, -0.05) is 23.9 Å². The van der Waals surface area contributed by atoms with Gasteiger partial charge in [0.2, 0.25) is 5.91 Å². The molecule has 1 atom stereocenters. The van der Waals surface area contributed by atoms with Crippen LogP contribution in [0.2, 0.25) is 0 Å². The van der Waals surface area contributed by atoms with E-state index in [1.54, 1.807) is 4.90 Å². The molecule has 6 nitrogen and oxygen atoms in total. The Kier molecular flexibility index (Phi) is 4.63. The number of rotatable bonds is 5. The minimum atomic E-state index is -2.99. The molecule has 2 aromatic rings. The standard InChI is InChI=1S/C15H19N3O3S2/c1-2-18(11-7-8-23(20,21)10-11)14(19)9-22-15-16-12-5-3-4-6-13(12)17-15/h3-6,11H,2,7-10H2,1H3,(H,16,17)/t11-/m0/s1. The minimum Gasteiger partial charge on any atom is -0.338 e. The Bertz CT molecular complexity index is 783. The van der Waals surface area contributed by atoms with Gasteiger partial charge in [-0.3, -0.25) is 4.79 Å². The molecule has 0 saturated carbocycles. The molecular formula is C15H19N3O3S2. The summed E-state index contributed by atoms with van der Waals surface area (Å²) in [5.41, 5.74) is 1.81. The second-order valence-corrected chi connectivity index (χ2v) is 8.78. The van der Waals surface area contributed by atoms with E-state index >= 15 is 0 Å². The van der Waals surface area contributed by atoms with Crippen molar-refractivity contribution in [2.75, 3.05) is 23.8 Å². The third kappa shape index (κ3) is 3.69. The SMILES string of the molecule is CCN(C(=O)CSc1nc2ccccc2[nH]1)[C@H]1CCS(=O)(=O)C1. The highest BCUT2D eigenvalue weighted by Crippen LogP contribution is 2.22. The average molecular weight is 353 g/mol. The van der Waals surface area contributed by atoms with Gasteiger partial charge in [0.05, 0.1) is 28.3 Å². The van der Waals surface area contributed by atoms with Gasteiger partial charge in [-0.05, 0) is 25.5 Å². The number of thioether (sulfide) groups is 1. The molecule has 0 spiro atoms. The van der Waals surface area contributed by atoms with Crippen molar-refractivity contribution in [2.24, 2.45) is 0 Å². The van der Waals surface area contributed by atoms with Crippen LogP contribution in [0.4, 0.5) is 0 Å². The highest BCUT2D eigenvalue weighted by molar-refractivity contribution is 7.99. The summed E-state index contributed by atoms with van der Waals surface area (Å²) in [7, 11) is -2.99. The monoisotopic (exact) mass is 353 g/mol. The van der Waals surface area contributed by atoms with Crippen LogP contribution in [0.5, 0.6) is 0 Å². The molecule has 1 aliphatic rings. The normalized spacial score (nSPS) is 20.0. The number of fused-ring (bicyclic) bond motifs is 1. The van der Waals surface area contributed by atoms with Gasteiger partial charge in [-0.2, -0.15) is 0 Å². The van der Waals surface area contributed by atoms with Gasteiger partial charge in [0.25, 0.3) is 0 Å². The lowest BCUT2D eigenvalue weighted by Crippen LogP contribution is -2.41. The largest absolute Gasteiger partial charge is 0.338 e. The topological polar surface area (TPSA) is 83.1 Å². The number of carbonyl (C=O) groups excluding carboxylic acids is 1. The van der Waals surface area contributed by atoms with E-state index in [2.05, 4.69) is 9.97 Å². The van der Waals surface area contributed by atoms with E-state index in [-0.39, 0.29) is 29.2 Å². The van der Waals surface area contributed by atoms with Crippen LogP contribution in [0.3, 0.4) is 0 Å². The van der Waals surface area contributed by atoms with Crippen molar-refractivity contribution in [1.82, 2.24) is 14.9 Å². The second kappa shape index (κ2) is 6.52. The van der Waals surface area contributed by atoms with Crippen LogP contribution in [-0.4, -0.2) is 59.0 Å². The quantitative estimate of drug-likeness (QED) is 0.827. The number of imidazole rings is 1. The number of hydrogen-bond donors (Lipinski definition) is 1. The molecule has 23 heavy (non-hydrogen) atoms. The first kappa shape index (κ1) is 16.3. The first-order valence-electron chi connectivity index (χ1n) is 7.56. The number of hydrogen-bond acceptors (Lipinski definition) is 5. The number of nitrogens with one attached hydrogen (secondary N) is 1.